The van der Waals surface area contributed by atoms with Crippen molar-refractivity contribution >= 4 is 21.1 Å². The molecule has 0 aliphatic rings. The summed E-state index contributed by atoms with van der Waals surface area (Å²) >= 11 is 0. The van der Waals surface area contributed by atoms with Crippen LogP contribution in [0.5, 0.6) is 5.75 Å². The molecule has 0 radical (unpaired) electrons. The third-order valence-corrected chi connectivity index (χ3v) is 6.10. The van der Waals surface area contributed by atoms with Gasteiger partial charge in [-0.3, -0.25) is 9.48 Å². The van der Waals surface area contributed by atoms with Gasteiger partial charge in [0.15, 0.2) is 5.52 Å². The van der Waals surface area contributed by atoms with Crippen LogP contribution < -0.4 is 15.0 Å². The zero-order chi connectivity index (χ0) is 22.3. The van der Waals surface area contributed by atoms with Crippen molar-refractivity contribution in [1.29, 1.82) is 0 Å². The SMILES string of the molecule is CCNS(=O)(=O)c1ccc(OCC)c(-c2nc3c(C(C)(C)C)nn(C)c3c(=O)[nH]2)c1. The number of benzene rings is 1. The van der Waals surface area contributed by atoms with Gasteiger partial charge < -0.3 is 9.72 Å². The number of fused-ring (bicyclic) bond motifs is 1. The van der Waals surface area contributed by atoms with Crippen molar-refractivity contribution < 1.29 is 13.2 Å². The quantitative estimate of drug-likeness (QED) is 0.616. The molecule has 9 nitrogen and oxygen atoms in total. The van der Waals surface area contributed by atoms with E-state index in [4.69, 9.17) is 4.74 Å². The molecule has 10 heteroatoms. The number of hydrogen-bond donors (Lipinski definition) is 2. The third kappa shape index (κ3) is 3.97. The van der Waals surface area contributed by atoms with Crippen molar-refractivity contribution in [2.24, 2.45) is 7.05 Å². The molecule has 3 aromatic rings. The summed E-state index contributed by atoms with van der Waals surface area (Å²) < 4.78 is 34.6. The number of nitrogens with one attached hydrogen (secondary N) is 2. The molecular weight excluding hydrogens is 406 g/mol. The van der Waals surface area contributed by atoms with E-state index in [9.17, 15) is 13.2 Å². The van der Waals surface area contributed by atoms with Crippen LogP contribution in [0, 0.1) is 0 Å². The van der Waals surface area contributed by atoms with Gasteiger partial charge in [-0.2, -0.15) is 5.10 Å². The maximum Gasteiger partial charge on any atom is 0.277 e. The first kappa shape index (κ1) is 22.0. The normalized spacial score (nSPS) is 12.5. The summed E-state index contributed by atoms with van der Waals surface area (Å²) in [7, 11) is -2.00. The largest absolute Gasteiger partial charge is 0.493 e. The maximum absolute atomic E-state index is 12.9. The van der Waals surface area contributed by atoms with E-state index in [1.165, 1.54) is 16.8 Å². The standard InChI is InChI=1S/C20H27N5O4S/c1-7-21-30(27,28)12-9-10-14(29-8-2)13(11-12)18-22-15-16(19(26)23-18)25(6)24-17(15)20(3,4)5/h9-11,21H,7-8H2,1-6H3,(H,22,23,26). The minimum Gasteiger partial charge on any atom is -0.493 e. The Kier molecular flexibility index (Phi) is 5.74. The van der Waals surface area contributed by atoms with Gasteiger partial charge in [0.25, 0.3) is 5.56 Å². The number of aromatic nitrogens is 4. The van der Waals surface area contributed by atoms with E-state index in [-0.39, 0.29) is 28.2 Å². The molecule has 3 rings (SSSR count). The molecule has 0 amide bonds. The summed E-state index contributed by atoms with van der Waals surface area (Å²) in [5.41, 5.74) is 1.21. The number of nitrogens with zero attached hydrogens (tertiary/aromatic N) is 3. The van der Waals surface area contributed by atoms with Crippen LogP contribution >= 0.6 is 0 Å². The molecule has 0 saturated carbocycles. The van der Waals surface area contributed by atoms with E-state index >= 15 is 0 Å². The number of ether oxygens (including phenoxy) is 1. The molecule has 0 aliphatic carbocycles. The van der Waals surface area contributed by atoms with E-state index in [1.54, 1.807) is 20.0 Å². The summed E-state index contributed by atoms with van der Waals surface area (Å²) in [5, 5.41) is 4.49. The van der Waals surface area contributed by atoms with Crippen molar-refractivity contribution in [2.45, 2.75) is 44.9 Å². The molecule has 0 bridgehead atoms. The zero-order valence-corrected chi connectivity index (χ0v) is 18.8. The number of sulfonamides is 1. The third-order valence-electron chi connectivity index (χ3n) is 4.55. The Hall–Kier alpha value is -2.72. The highest BCUT2D eigenvalue weighted by Gasteiger charge is 2.26. The topological polar surface area (TPSA) is 119 Å². The van der Waals surface area contributed by atoms with Crippen LogP contribution in [0.4, 0.5) is 0 Å². The Morgan fingerprint density at radius 2 is 1.93 bits per heavy atom. The molecular formula is C20H27N5O4S. The van der Waals surface area contributed by atoms with Gasteiger partial charge in [-0.05, 0) is 25.1 Å². The van der Waals surface area contributed by atoms with Gasteiger partial charge >= 0.3 is 0 Å². The van der Waals surface area contributed by atoms with Crippen LogP contribution in [0.2, 0.25) is 0 Å². The fraction of sp³-hybridized carbons (Fsp3) is 0.450. The highest BCUT2D eigenvalue weighted by molar-refractivity contribution is 7.89. The molecule has 2 aromatic heterocycles. The Morgan fingerprint density at radius 3 is 2.53 bits per heavy atom. The van der Waals surface area contributed by atoms with Crippen LogP contribution in [0.15, 0.2) is 27.9 Å². The van der Waals surface area contributed by atoms with Crippen LogP contribution in [-0.4, -0.2) is 41.3 Å². The molecule has 1 aromatic carbocycles. The average molecular weight is 434 g/mol. The minimum atomic E-state index is -3.69. The molecule has 0 fully saturated rings. The molecule has 0 atom stereocenters. The summed E-state index contributed by atoms with van der Waals surface area (Å²) in [6.45, 7) is 10.1. The van der Waals surface area contributed by atoms with Gasteiger partial charge in [-0.25, -0.2) is 18.1 Å². The van der Waals surface area contributed by atoms with Crippen molar-refractivity contribution in [3.8, 4) is 17.1 Å². The van der Waals surface area contributed by atoms with Crippen LogP contribution in [0.3, 0.4) is 0 Å². The molecule has 0 aliphatic heterocycles. The van der Waals surface area contributed by atoms with E-state index in [1.807, 2.05) is 27.7 Å². The lowest BCUT2D eigenvalue weighted by Gasteiger charge is -2.15. The molecule has 2 N–H and O–H groups in total. The Bertz CT molecular complexity index is 1250. The smallest absolute Gasteiger partial charge is 0.277 e. The van der Waals surface area contributed by atoms with Gasteiger partial charge in [0.2, 0.25) is 10.0 Å². The number of aryl methyl sites for hydroxylation is 1. The predicted molar refractivity (Wildman–Crippen MR) is 115 cm³/mol. The van der Waals surface area contributed by atoms with Gasteiger partial charge in [-0.15, -0.1) is 0 Å². The number of H-pyrrole nitrogens is 1. The summed E-state index contributed by atoms with van der Waals surface area (Å²) in [5.74, 6) is 0.652. The van der Waals surface area contributed by atoms with Gasteiger partial charge in [-0.1, -0.05) is 27.7 Å². The Balaban J connectivity index is 2.32. The molecule has 0 unspecified atom stereocenters. The zero-order valence-electron chi connectivity index (χ0n) is 18.0. The number of rotatable bonds is 6. The van der Waals surface area contributed by atoms with E-state index < -0.39 is 10.0 Å². The second-order valence-electron chi connectivity index (χ2n) is 7.93. The summed E-state index contributed by atoms with van der Waals surface area (Å²) in [4.78, 5) is 20.4. The monoisotopic (exact) mass is 433 g/mol. The van der Waals surface area contributed by atoms with Crippen molar-refractivity contribution in [2.75, 3.05) is 13.2 Å². The van der Waals surface area contributed by atoms with E-state index in [0.717, 1.165) is 0 Å². The Labute approximate surface area is 175 Å². The molecule has 2 heterocycles. The van der Waals surface area contributed by atoms with E-state index in [0.29, 0.717) is 34.6 Å². The van der Waals surface area contributed by atoms with Crippen LogP contribution in [-0.2, 0) is 22.5 Å². The Morgan fingerprint density at radius 1 is 1.23 bits per heavy atom. The highest BCUT2D eigenvalue weighted by Crippen LogP contribution is 2.32. The number of hydrogen-bond acceptors (Lipinski definition) is 6. The first-order chi connectivity index (χ1) is 14.0. The van der Waals surface area contributed by atoms with Gasteiger partial charge in [0.05, 0.1) is 22.8 Å². The van der Waals surface area contributed by atoms with Crippen molar-refractivity contribution in [3.05, 3.63) is 34.2 Å². The molecule has 30 heavy (non-hydrogen) atoms. The van der Waals surface area contributed by atoms with Gasteiger partial charge in [0, 0.05) is 19.0 Å². The summed E-state index contributed by atoms with van der Waals surface area (Å²) in [6, 6.07) is 4.50. The van der Waals surface area contributed by atoms with Crippen LogP contribution in [0.25, 0.3) is 22.4 Å². The average Bonchev–Trinajstić information content (AvgIpc) is 2.99. The lowest BCUT2D eigenvalue weighted by molar-refractivity contribution is 0.341. The highest BCUT2D eigenvalue weighted by atomic mass is 32.2. The molecule has 0 spiro atoms. The fourth-order valence-electron chi connectivity index (χ4n) is 3.23. The molecule has 0 saturated heterocycles. The first-order valence-electron chi connectivity index (χ1n) is 9.74. The lowest BCUT2D eigenvalue weighted by Crippen LogP contribution is -2.23. The number of aromatic amines is 1. The van der Waals surface area contributed by atoms with Crippen molar-refractivity contribution in [1.82, 2.24) is 24.5 Å². The van der Waals surface area contributed by atoms with Gasteiger partial charge in [0.1, 0.15) is 17.1 Å². The fourth-order valence-corrected chi connectivity index (χ4v) is 4.30. The maximum atomic E-state index is 12.9. The van der Waals surface area contributed by atoms with Crippen LogP contribution in [0.1, 0.15) is 40.3 Å². The minimum absolute atomic E-state index is 0.0628. The lowest BCUT2D eigenvalue weighted by atomic mass is 9.91. The first-order valence-corrected chi connectivity index (χ1v) is 11.2. The molecule has 162 valence electrons. The predicted octanol–water partition coefficient (Wildman–Crippen LogP) is 2.32. The van der Waals surface area contributed by atoms with E-state index in [2.05, 4.69) is 19.8 Å². The summed E-state index contributed by atoms with van der Waals surface area (Å²) in [6.07, 6.45) is 0. The second-order valence-corrected chi connectivity index (χ2v) is 9.69. The second kappa shape index (κ2) is 7.84. The van der Waals surface area contributed by atoms with Crippen molar-refractivity contribution in [3.63, 3.8) is 0 Å².